The Bertz CT molecular complexity index is 2000. The Morgan fingerprint density at radius 3 is 2.27 bits per heavy atom. The lowest BCUT2D eigenvalue weighted by atomic mass is 10.1. The summed E-state index contributed by atoms with van der Waals surface area (Å²) in [6, 6.07) is 17.3. The van der Waals surface area contributed by atoms with E-state index in [0.717, 1.165) is 12.7 Å². The third-order valence-corrected chi connectivity index (χ3v) is 8.70. The van der Waals surface area contributed by atoms with Gasteiger partial charge < -0.3 is 30.7 Å². The van der Waals surface area contributed by atoms with E-state index >= 15 is 0 Å². The first-order valence-electron chi connectivity index (χ1n) is 17.0. The van der Waals surface area contributed by atoms with E-state index in [0.29, 0.717) is 29.1 Å². The summed E-state index contributed by atoms with van der Waals surface area (Å²) in [5.74, 6) is -3.60. The summed E-state index contributed by atoms with van der Waals surface area (Å²) in [7, 11) is 1.13. The predicted octanol–water partition coefficient (Wildman–Crippen LogP) is 5.82. The Hall–Kier alpha value is -5.84. The number of ketones is 1. The fourth-order valence-corrected chi connectivity index (χ4v) is 5.55. The van der Waals surface area contributed by atoms with Gasteiger partial charge in [-0.25, -0.2) is 9.18 Å². The largest absolute Gasteiger partial charge is 0.467 e. The average molecular weight is 786 g/mol. The van der Waals surface area contributed by atoms with Gasteiger partial charge in [0.25, 0.3) is 11.8 Å². The van der Waals surface area contributed by atoms with Crippen molar-refractivity contribution in [2.45, 2.75) is 56.3 Å². The number of carbonyl (C=O) groups is 4. The second-order valence-corrected chi connectivity index (χ2v) is 13.0. The normalized spacial score (nSPS) is 13.6. The van der Waals surface area contributed by atoms with Crippen molar-refractivity contribution in [1.82, 2.24) is 25.6 Å². The molecule has 18 heteroatoms. The number of aryl methyl sites for hydroxylation is 1. The molecule has 0 aliphatic heterocycles. The summed E-state index contributed by atoms with van der Waals surface area (Å²) in [5.41, 5.74) is 1.24. The van der Waals surface area contributed by atoms with Crippen LogP contribution in [-0.2, 0) is 31.1 Å². The minimum atomic E-state index is -4.64. The highest BCUT2D eigenvalue weighted by Crippen LogP contribution is 2.48. The van der Waals surface area contributed by atoms with Gasteiger partial charge >= 0.3 is 18.2 Å². The van der Waals surface area contributed by atoms with Crippen LogP contribution in [0.1, 0.15) is 53.6 Å². The SMILES string of the molecule is COC(=O)[C@H](CCNC(=O)C(=O)CCCc1ccccc1F)NC(=O)c1ccc(Nc2nc(NC3(c4ccc(Cl)cc4)CC3)nc(OCC(F)(F)F)n2)cc1. The van der Waals surface area contributed by atoms with Gasteiger partial charge in [-0.2, -0.15) is 28.1 Å². The Morgan fingerprint density at radius 1 is 0.927 bits per heavy atom. The number of Topliss-reactive ketones (excluding diaryl/α,β-unsaturated/α-hetero) is 1. The molecule has 1 aliphatic carbocycles. The fourth-order valence-electron chi connectivity index (χ4n) is 5.42. The summed E-state index contributed by atoms with van der Waals surface area (Å²) >= 11 is 6.02. The molecule has 0 unspecified atom stereocenters. The molecule has 13 nitrogen and oxygen atoms in total. The first-order chi connectivity index (χ1) is 26.2. The average Bonchev–Trinajstić information content (AvgIpc) is 3.94. The van der Waals surface area contributed by atoms with Crippen molar-refractivity contribution in [3.05, 3.63) is 100 Å². The van der Waals surface area contributed by atoms with E-state index in [9.17, 15) is 36.7 Å². The molecule has 1 atom stereocenters. The minimum absolute atomic E-state index is 0.0349. The molecule has 0 bridgehead atoms. The van der Waals surface area contributed by atoms with Crippen LogP contribution in [0.5, 0.6) is 6.01 Å². The molecule has 5 rings (SSSR count). The van der Waals surface area contributed by atoms with Gasteiger partial charge in [-0.15, -0.1) is 0 Å². The number of benzene rings is 3. The summed E-state index contributed by atoms with van der Waals surface area (Å²) in [6.45, 7) is -1.77. The number of carbonyl (C=O) groups excluding carboxylic acids is 4. The van der Waals surface area contributed by atoms with Gasteiger partial charge in [0.15, 0.2) is 6.61 Å². The number of rotatable bonds is 18. The summed E-state index contributed by atoms with van der Waals surface area (Å²) in [4.78, 5) is 62.4. The van der Waals surface area contributed by atoms with Gasteiger partial charge in [0.1, 0.15) is 11.9 Å². The molecule has 1 saturated carbocycles. The first kappa shape index (κ1) is 40.3. The molecule has 4 N–H and O–H groups in total. The zero-order valence-corrected chi connectivity index (χ0v) is 30.1. The van der Waals surface area contributed by atoms with Gasteiger partial charge in [-0.1, -0.05) is 41.9 Å². The van der Waals surface area contributed by atoms with Gasteiger partial charge in [0, 0.05) is 29.2 Å². The van der Waals surface area contributed by atoms with E-state index in [1.165, 1.54) is 30.3 Å². The van der Waals surface area contributed by atoms with Crippen molar-refractivity contribution in [3.8, 4) is 6.01 Å². The van der Waals surface area contributed by atoms with Crippen molar-refractivity contribution in [3.63, 3.8) is 0 Å². The van der Waals surface area contributed by atoms with E-state index in [-0.39, 0.29) is 49.7 Å². The number of hydrogen-bond acceptors (Lipinski definition) is 11. The number of amides is 2. The van der Waals surface area contributed by atoms with Crippen LogP contribution in [0, 0.1) is 5.82 Å². The van der Waals surface area contributed by atoms with E-state index in [1.54, 1.807) is 30.3 Å². The quantitative estimate of drug-likeness (QED) is 0.0544. The van der Waals surface area contributed by atoms with Crippen molar-refractivity contribution in [2.24, 2.45) is 0 Å². The Balaban J connectivity index is 1.17. The third-order valence-electron chi connectivity index (χ3n) is 8.45. The molecule has 55 heavy (non-hydrogen) atoms. The van der Waals surface area contributed by atoms with Gasteiger partial charge in [0.2, 0.25) is 17.7 Å². The molecule has 4 aromatic rings. The number of hydrogen-bond donors (Lipinski definition) is 4. The Morgan fingerprint density at radius 2 is 1.62 bits per heavy atom. The first-order valence-corrected chi connectivity index (χ1v) is 17.4. The molecule has 1 fully saturated rings. The number of nitrogens with zero attached hydrogens (tertiary/aromatic N) is 3. The lowest BCUT2D eigenvalue weighted by Gasteiger charge is -2.19. The fraction of sp³-hybridized carbons (Fsp3) is 0.324. The van der Waals surface area contributed by atoms with Crippen LogP contribution in [0.3, 0.4) is 0 Å². The zero-order valence-electron chi connectivity index (χ0n) is 29.3. The number of halogens is 5. The van der Waals surface area contributed by atoms with Crippen LogP contribution in [0.4, 0.5) is 35.1 Å². The number of ether oxygens (including phenoxy) is 2. The highest BCUT2D eigenvalue weighted by Gasteiger charge is 2.45. The highest BCUT2D eigenvalue weighted by molar-refractivity contribution is 6.36. The van der Waals surface area contributed by atoms with Gasteiger partial charge in [-0.05, 0) is 85.7 Å². The number of esters is 1. The van der Waals surface area contributed by atoms with E-state index < -0.39 is 59.8 Å². The molecular formula is C37H36ClF4N7O6. The molecule has 1 heterocycles. The maximum absolute atomic E-state index is 13.8. The number of alkyl halides is 3. The summed E-state index contributed by atoms with van der Waals surface area (Å²) in [5, 5.41) is 11.6. The molecule has 3 aromatic carbocycles. The maximum Gasteiger partial charge on any atom is 0.422 e. The lowest BCUT2D eigenvalue weighted by molar-refractivity contribution is -0.154. The molecular weight excluding hydrogens is 750 g/mol. The number of methoxy groups -OCH3 is 1. The molecule has 0 spiro atoms. The second kappa shape index (κ2) is 18.0. The van der Waals surface area contributed by atoms with E-state index in [4.69, 9.17) is 21.1 Å². The van der Waals surface area contributed by atoms with Crippen LogP contribution < -0.4 is 26.0 Å². The smallest absolute Gasteiger partial charge is 0.422 e. The minimum Gasteiger partial charge on any atom is -0.467 e. The molecule has 1 aliphatic rings. The highest BCUT2D eigenvalue weighted by atomic mass is 35.5. The molecule has 0 saturated heterocycles. The zero-order chi connectivity index (χ0) is 39.6. The number of anilines is 3. The number of nitrogens with one attached hydrogen (secondary N) is 4. The van der Waals surface area contributed by atoms with Crippen LogP contribution >= 0.6 is 11.6 Å². The Kier molecular flexibility index (Phi) is 13.2. The number of aromatic nitrogens is 3. The summed E-state index contributed by atoms with van der Waals surface area (Å²) in [6.07, 6.45) is -2.89. The van der Waals surface area contributed by atoms with Crippen LogP contribution in [0.25, 0.3) is 0 Å². The van der Waals surface area contributed by atoms with Crippen molar-refractivity contribution >= 4 is 52.8 Å². The van der Waals surface area contributed by atoms with Crippen molar-refractivity contribution in [2.75, 3.05) is 30.9 Å². The monoisotopic (exact) mass is 785 g/mol. The van der Waals surface area contributed by atoms with Crippen LogP contribution in [0.2, 0.25) is 5.02 Å². The van der Waals surface area contributed by atoms with Gasteiger partial charge in [-0.3, -0.25) is 14.4 Å². The molecule has 2 amide bonds. The Labute approximate surface area is 317 Å². The predicted molar refractivity (Wildman–Crippen MR) is 192 cm³/mol. The second-order valence-electron chi connectivity index (χ2n) is 12.5. The maximum atomic E-state index is 13.8. The topological polar surface area (TPSA) is 174 Å². The van der Waals surface area contributed by atoms with E-state index in [1.807, 2.05) is 12.1 Å². The summed E-state index contributed by atoms with van der Waals surface area (Å²) < 4.78 is 62.3. The molecule has 0 radical (unpaired) electrons. The molecule has 290 valence electrons. The molecule has 1 aromatic heterocycles. The van der Waals surface area contributed by atoms with Gasteiger partial charge in [0.05, 0.1) is 12.6 Å². The lowest BCUT2D eigenvalue weighted by Crippen LogP contribution is -2.44. The van der Waals surface area contributed by atoms with Crippen molar-refractivity contribution < 1.29 is 46.2 Å². The third kappa shape index (κ3) is 11.8. The van der Waals surface area contributed by atoms with Crippen LogP contribution in [0.15, 0.2) is 72.8 Å². The van der Waals surface area contributed by atoms with E-state index in [2.05, 4.69) is 36.2 Å². The van der Waals surface area contributed by atoms with Crippen LogP contribution in [-0.4, -0.2) is 71.0 Å². The van der Waals surface area contributed by atoms with Crippen molar-refractivity contribution in [1.29, 1.82) is 0 Å². The standard InChI is InChI=1S/C37H36ClF4N7O6/c1-54-32(53)28(17-20-43-31(52)29(50)8-4-6-22-5-2-3-7-27(22)39)45-30(51)23-9-15-26(16-10-23)44-33-46-34(48-35(47-33)55-21-37(40,41)42)49-36(18-19-36)24-11-13-25(38)14-12-24/h2-3,5,7,9-16,28H,4,6,8,17-21H2,1H3,(H,43,52)(H,45,51)(H2,44,46,47,48,49)/t28-/m0/s1.